The van der Waals surface area contributed by atoms with E-state index in [4.69, 9.17) is 21.3 Å². The molecule has 2 N–H and O–H groups in total. The second kappa shape index (κ2) is 18.2. The van der Waals surface area contributed by atoms with Crippen LogP contribution in [0.2, 0.25) is 5.02 Å². The first kappa shape index (κ1) is 41.7. The van der Waals surface area contributed by atoms with Crippen molar-refractivity contribution in [3.63, 3.8) is 0 Å². The molecule has 59 heavy (non-hydrogen) atoms. The van der Waals surface area contributed by atoms with Gasteiger partial charge in [-0.3, -0.25) is 38.4 Å². The lowest BCUT2D eigenvalue weighted by atomic mass is 9.99. The van der Waals surface area contributed by atoms with Crippen LogP contribution in [0.3, 0.4) is 0 Å². The number of rotatable bonds is 17. The Balaban J connectivity index is 0.812. The van der Waals surface area contributed by atoms with Crippen LogP contribution >= 0.6 is 22.9 Å². The third kappa shape index (κ3) is 8.93. The van der Waals surface area contributed by atoms with Crippen molar-refractivity contribution >= 4 is 58.1 Å². The molecule has 3 aliphatic heterocycles. The van der Waals surface area contributed by atoms with Crippen LogP contribution < -0.4 is 15.4 Å². The zero-order valence-corrected chi connectivity index (χ0v) is 35.1. The maximum atomic E-state index is 13.3. The van der Waals surface area contributed by atoms with E-state index < -0.39 is 29.8 Å². The number of aryl methyl sites for hydroxylation is 2. The lowest BCUT2D eigenvalue weighted by Crippen LogP contribution is -2.51. The lowest BCUT2D eigenvalue weighted by Gasteiger charge is -2.29. The van der Waals surface area contributed by atoms with Crippen LogP contribution in [0.5, 0.6) is 5.75 Å². The van der Waals surface area contributed by atoms with Crippen LogP contribution in [0, 0.1) is 20.8 Å². The number of carbonyl (C=O) groups excluding carboxylic acids is 5. The number of allylic oxidation sites excluding steroid dienone is 1. The Bertz CT molecular complexity index is 2350. The van der Waals surface area contributed by atoms with E-state index in [1.54, 1.807) is 23.5 Å². The maximum absolute atomic E-state index is 13.3. The van der Waals surface area contributed by atoms with Gasteiger partial charge in [-0.25, -0.2) is 0 Å². The summed E-state index contributed by atoms with van der Waals surface area (Å²) >= 11 is 7.90. The number of carbonyl (C=O) groups is 5. The topological polar surface area (TPSA) is 165 Å². The van der Waals surface area contributed by atoms with Crippen molar-refractivity contribution in [3.8, 4) is 10.8 Å². The summed E-state index contributed by atoms with van der Waals surface area (Å²) in [5.41, 5.74) is 4.72. The Hall–Kier alpha value is -5.47. The predicted octanol–water partition coefficient (Wildman–Crippen LogP) is 7.46. The molecule has 5 heterocycles. The molecule has 1 fully saturated rings. The van der Waals surface area contributed by atoms with Crippen LogP contribution in [0.15, 0.2) is 59.7 Å². The van der Waals surface area contributed by atoms with Gasteiger partial charge in [-0.1, -0.05) is 68.5 Å². The van der Waals surface area contributed by atoms with Gasteiger partial charge in [-0.2, -0.15) is 0 Å². The third-order valence-electron chi connectivity index (χ3n) is 11.1. The van der Waals surface area contributed by atoms with Crippen LogP contribution in [-0.4, -0.2) is 74.0 Å². The molecule has 2 aromatic heterocycles. The fraction of sp³-hybridized carbons (Fsp3) is 0.409. The number of ether oxygens (including phenoxy) is 1. The first-order valence-corrected chi connectivity index (χ1v) is 21.4. The minimum absolute atomic E-state index is 0.0859. The smallest absolute Gasteiger partial charge is 0.266 e. The quantitative estimate of drug-likeness (QED) is 0.0817. The normalized spacial score (nSPS) is 17.2. The number of piperidine rings is 1. The van der Waals surface area contributed by atoms with Crippen LogP contribution in [-0.2, 0) is 14.4 Å². The van der Waals surface area contributed by atoms with Crippen molar-refractivity contribution in [2.75, 3.05) is 13.2 Å². The highest BCUT2D eigenvalue weighted by Crippen LogP contribution is 2.40. The molecule has 2 atom stereocenters. The molecule has 4 aromatic rings. The molecule has 1 unspecified atom stereocenters. The number of aliphatic imine (C=N–C) groups is 1. The number of ketones is 1. The fourth-order valence-electron chi connectivity index (χ4n) is 7.85. The molecule has 0 spiro atoms. The molecule has 13 nitrogen and oxygen atoms in total. The minimum Gasteiger partial charge on any atom is -0.485 e. The number of benzene rings is 2. The monoisotopic (exact) mass is 837 g/mol. The summed E-state index contributed by atoms with van der Waals surface area (Å²) in [6, 6.07) is 10.9. The fourth-order valence-corrected chi connectivity index (χ4v) is 9.19. The highest BCUT2D eigenvalue weighted by atomic mass is 35.5. The van der Waals surface area contributed by atoms with Gasteiger partial charge in [0.15, 0.2) is 11.6 Å². The average molecular weight is 838 g/mol. The van der Waals surface area contributed by atoms with Crippen LogP contribution in [0.25, 0.3) is 5.00 Å². The number of aromatic nitrogens is 3. The van der Waals surface area contributed by atoms with E-state index in [-0.39, 0.29) is 41.6 Å². The molecule has 0 bridgehead atoms. The highest BCUT2D eigenvalue weighted by Gasteiger charge is 2.45. The Morgan fingerprint density at radius 1 is 0.949 bits per heavy atom. The van der Waals surface area contributed by atoms with Crippen molar-refractivity contribution in [1.29, 1.82) is 0 Å². The largest absolute Gasteiger partial charge is 0.485 e. The first-order chi connectivity index (χ1) is 28.4. The Morgan fingerprint density at radius 2 is 1.68 bits per heavy atom. The van der Waals surface area contributed by atoms with Gasteiger partial charge in [-0.15, -0.1) is 21.5 Å². The van der Waals surface area contributed by atoms with E-state index in [2.05, 4.69) is 41.3 Å². The number of thiophene rings is 1. The van der Waals surface area contributed by atoms with Crippen molar-refractivity contribution in [2.45, 2.75) is 103 Å². The number of hydrogen-bond acceptors (Lipinski definition) is 10. The number of nitrogens with one attached hydrogen (secondary N) is 2. The lowest BCUT2D eigenvalue weighted by molar-refractivity contribution is -0.125. The summed E-state index contributed by atoms with van der Waals surface area (Å²) < 4.78 is 7.80. The van der Waals surface area contributed by atoms with Crippen LogP contribution in [0.1, 0.15) is 131 Å². The summed E-state index contributed by atoms with van der Waals surface area (Å²) in [6.45, 7) is 10.2. The average Bonchev–Trinajstić information content (AvgIpc) is 3.79. The van der Waals surface area contributed by atoms with Gasteiger partial charge in [0.1, 0.15) is 35.3 Å². The molecule has 0 aliphatic carbocycles. The molecule has 308 valence electrons. The van der Waals surface area contributed by atoms with Gasteiger partial charge in [0.05, 0.1) is 23.3 Å². The third-order valence-corrected chi connectivity index (χ3v) is 12.6. The molecule has 7 rings (SSSR count). The summed E-state index contributed by atoms with van der Waals surface area (Å²) in [5.74, 6) is -0.203. The van der Waals surface area contributed by atoms with Crippen molar-refractivity contribution in [2.24, 2.45) is 4.99 Å². The number of halogens is 1. The van der Waals surface area contributed by atoms with E-state index in [9.17, 15) is 24.0 Å². The van der Waals surface area contributed by atoms with Gasteiger partial charge in [0.25, 0.3) is 11.8 Å². The van der Waals surface area contributed by atoms with Gasteiger partial charge >= 0.3 is 0 Å². The molecular formula is C44H48ClN7O6S. The van der Waals surface area contributed by atoms with Crippen molar-refractivity contribution < 1.29 is 28.7 Å². The standard InChI is InChI=1S/C44H48ClN7O6S/c1-25-16-21-34(41(55)47-25)52-42(56)32-14-12-15-35(38(32)43(52)57)58-24-31(53)13-10-8-6-5-7-9-11-22-46-36(54)23-33-40-50-49-28(4)51(40)44-37(26(2)27(3)59-44)39(48-33)29-17-19-30(45)20-18-29/h12,14-15,17-20,33-34H,1,5-11,13,16,21-24H2,2-4H3,(H,46,54)(H,47,55)/t33-,34?/m0/s1. The number of Topliss-reactive ketones (excluding diaryl/α,β-unsaturated/α-hetero) is 1. The number of nitrogens with zero attached hydrogens (tertiary/aromatic N) is 5. The Kier molecular flexibility index (Phi) is 12.9. The van der Waals surface area contributed by atoms with Gasteiger partial charge < -0.3 is 15.4 Å². The number of amides is 4. The molecule has 2 aromatic carbocycles. The van der Waals surface area contributed by atoms with Gasteiger partial charge in [0, 0.05) is 39.7 Å². The molecule has 4 amide bonds. The van der Waals surface area contributed by atoms with E-state index in [0.717, 1.165) is 83.1 Å². The number of unbranched alkanes of at least 4 members (excludes halogenated alkanes) is 6. The molecule has 1 saturated heterocycles. The molecule has 15 heteroatoms. The number of fused-ring (bicyclic) bond motifs is 4. The predicted molar refractivity (Wildman–Crippen MR) is 226 cm³/mol. The van der Waals surface area contributed by atoms with E-state index in [1.165, 1.54) is 10.9 Å². The first-order valence-electron chi connectivity index (χ1n) is 20.2. The number of hydrogen-bond donors (Lipinski definition) is 2. The van der Waals surface area contributed by atoms with Crippen LogP contribution in [0.4, 0.5) is 0 Å². The molecular weight excluding hydrogens is 790 g/mol. The summed E-state index contributed by atoms with van der Waals surface area (Å²) in [5, 5.41) is 16.2. The molecule has 0 radical (unpaired) electrons. The second-order valence-electron chi connectivity index (χ2n) is 15.3. The molecule has 3 aliphatic rings. The Labute approximate surface area is 352 Å². The van der Waals surface area contributed by atoms with Crippen molar-refractivity contribution in [1.82, 2.24) is 30.3 Å². The van der Waals surface area contributed by atoms with Gasteiger partial charge in [-0.05, 0) is 76.3 Å². The van der Waals surface area contributed by atoms with E-state index >= 15 is 0 Å². The molecule has 0 saturated carbocycles. The zero-order chi connectivity index (χ0) is 41.8. The maximum Gasteiger partial charge on any atom is 0.266 e. The SMILES string of the molecule is C=C1CCC(N2C(=O)c3cccc(OCC(=O)CCCCCCCCCNC(=O)C[C@@H]4N=C(c5ccc(Cl)cc5)c5c(sc(C)c5C)-n5c(C)nnc54)c3C2=O)C(=O)N1. The summed E-state index contributed by atoms with van der Waals surface area (Å²) in [7, 11) is 0. The minimum atomic E-state index is -0.920. The second-order valence-corrected chi connectivity index (χ2v) is 17.0. The summed E-state index contributed by atoms with van der Waals surface area (Å²) in [6.07, 6.45) is 7.76. The highest BCUT2D eigenvalue weighted by molar-refractivity contribution is 7.15. The van der Waals surface area contributed by atoms with Crippen molar-refractivity contribution in [3.05, 3.63) is 104 Å². The van der Waals surface area contributed by atoms with E-state index in [1.807, 2.05) is 35.8 Å². The Morgan fingerprint density at radius 3 is 2.42 bits per heavy atom. The van der Waals surface area contributed by atoms with E-state index in [0.29, 0.717) is 42.4 Å². The number of imide groups is 1. The van der Waals surface area contributed by atoms with Gasteiger partial charge in [0.2, 0.25) is 11.8 Å². The summed E-state index contributed by atoms with van der Waals surface area (Å²) in [4.78, 5) is 72.3. The zero-order valence-electron chi connectivity index (χ0n) is 33.6.